The van der Waals surface area contributed by atoms with Crippen LogP contribution in [0.4, 0.5) is 0 Å². The van der Waals surface area contributed by atoms with E-state index in [1.165, 1.54) is 5.56 Å². The summed E-state index contributed by atoms with van der Waals surface area (Å²) in [6.45, 7) is 0. The molecule has 120 valence electrons. The summed E-state index contributed by atoms with van der Waals surface area (Å²) in [6.07, 6.45) is 22.9. The van der Waals surface area contributed by atoms with Crippen molar-refractivity contribution in [2.75, 3.05) is 0 Å². The molecule has 1 aromatic carbocycles. The maximum Gasteiger partial charge on any atom is 2.00 e. The van der Waals surface area contributed by atoms with Crippen LogP contribution in [-0.4, -0.2) is 5.78 Å². The molecule has 0 spiro atoms. The van der Waals surface area contributed by atoms with Crippen molar-refractivity contribution in [1.82, 2.24) is 0 Å². The first-order chi connectivity index (χ1) is 11.3. The molecule has 2 unspecified atom stereocenters. The van der Waals surface area contributed by atoms with Crippen molar-refractivity contribution < 1.29 is 21.9 Å². The average molecular weight is 356 g/mol. The first-order valence-electron chi connectivity index (χ1n) is 8.00. The normalized spacial score (nSPS) is 25.8. The van der Waals surface area contributed by atoms with E-state index in [9.17, 15) is 4.79 Å². The van der Waals surface area contributed by atoms with Crippen molar-refractivity contribution in [2.45, 2.75) is 6.42 Å². The van der Waals surface area contributed by atoms with E-state index in [4.69, 9.17) is 0 Å². The van der Waals surface area contributed by atoms with Gasteiger partial charge in [-0.2, -0.15) is 0 Å². The van der Waals surface area contributed by atoms with E-state index in [2.05, 4.69) is 24.3 Å². The van der Waals surface area contributed by atoms with Crippen LogP contribution in [-0.2, 0) is 21.9 Å². The molecule has 0 aromatic heterocycles. The Balaban J connectivity index is 0.000000300. The standard InChI is InChI=1S/C17H15O.C5H5.Fe/c18-17(14-8-4-5-9-14)16-12-15(16)11-10-13-6-2-1-3-7-13;1-2-4-5-3-1;/h1-11,15-16H,12H2;1-5H;/q;;+2/b11-10+;;. The van der Waals surface area contributed by atoms with E-state index in [1.54, 1.807) is 0 Å². The fourth-order valence-electron chi connectivity index (χ4n) is 2.60. The minimum Gasteiger partial charge on any atom is -0.299 e. The largest absolute Gasteiger partial charge is 2.00 e. The Bertz CT molecular complexity index is 504. The number of carbonyl (C=O) groups is 1. The number of hydrogen-bond donors (Lipinski definition) is 0. The third-order valence-corrected chi connectivity index (χ3v) is 4.01. The Morgan fingerprint density at radius 1 is 0.875 bits per heavy atom. The molecule has 2 heteroatoms. The second-order valence-electron chi connectivity index (χ2n) is 5.78. The molecule has 3 aliphatic rings. The van der Waals surface area contributed by atoms with Gasteiger partial charge in [0.15, 0.2) is 0 Å². The van der Waals surface area contributed by atoms with E-state index in [0.29, 0.717) is 11.7 Å². The molecule has 10 radical (unpaired) electrons. The molecule has 0 amide bonds. The quantitative estimate of drug-likeness (QED) is 0.734. The fourth-order valence-corrected chi connectivity index (χ4v) is 2.60. The van der Waals surface area contributed by atoms with E-state index in [1.807, 2.05) is 76.0 Å². The van der Waals surface area contributed by atoms with Crippen LogP contribution in [0.2, 0.25) is 0 Å². The minimum atomic E-state index is 0. The second kappa shape index (κ2) is 10.2. The smallest absolute Gasteiger partial charge is 0.299 e. The third kappa shape index (κ3) is 5.90. The number of allylic oxidation sites excluding steroid dienone is 1. The second-order valence-corrected chi connectivity index (χ2v) is 5.78. The molecule has 0 aliphatic heterocycles. The summed E-state index contributed by atoms with van der Waals surface area (Å²) in [6, 6.07) is 10.2. The number of Topliss-reactive ketones (excluding diaryl/α,β-unsaturated/α-hetero) is 1. The fraction of sp³-hybridized carbons (Fsp3) is 0.136. The van der Waals surface area contributed by atoms with E-state index >= 15 is 0 Å². The summed E-state index contributed by atoms with van der Waals surface area (Å²) in [5, 5.41) is 0. The van der Waals surface area contributed by atoms with Gasteiger partial charge >= 0.3 is 17.1 Å². The molecule has 3 fully saturated rings. The minimum absolute atomic E-state index is 0. The molecule has 4 rings (SSSR count). The van der Waals surface area contributed by atoms with Crippen molar-refractivity contribution in [1.29, 1.82) is 0 Å². The van der Waals surface area contributed by atoms with Crippen LogP contribution in [0.25, 0.3) is 6.08 Å². The number of hydrogen-bond acceptors (Lipinski definition) is 1. The molecular formula is C22H20FeO+2. The van der Waals surface area contributed by atoms with Gasteiger partial charge in [-0.1, -0.05) is 42.5 Å². The van der Waals surface area contributed by atoms with Crippen molar-refractivity contribution in [3.63, 3.8) is 0 Å². The molecule has 0 saturated heterocycles. The van der Waals surface area contributed by atoms with Crippen LogP contribution in [0.15, 0.2) is 36.4 Å². The van der Waals surface area contributed by atoms with Gasteiger partial charge in [0.2, 0.25) is 0 Å². The molecule has 1 aromatic rings. The molecular weight excluding hydrogens is 336 g/mol. The number of ketones is 1. The Labute approximate surface area is 157 Å². The predicted octanol–water partition coefficient (Wildman–Crippen LogP) is 4.33. The van der Waals surface area contributed by atoms with Gasteiger partial charge in [-0.05, 0) is 75.7 Å². The summed E-state index contributed by atoms with van der Waals surface area (Å²) in [7, 11) is 0. The van der Waals surface area contributed by atoms with Crippen LogP contribution >= 0.6 is 0 Å². The van der Waals surface area contributed by atoms with Gasteiger partial charge in [0, 0.05) is 11.8 Å². The summed E-state index contributed by atoms with van der Waals surface area (Å²) >= 11 is 0. The molecule has 0 bridgehead atoms. The SMILES string of the molecule is O=C([C]1[CH][CH][CH][CH]1)C1CC1/C=C/c1ccccc1.[CH]1[CH][CH][CH][CH]1.[Fe+2]. The first kappa shape index (κ1) is 19.5. The van der Waals surface area contributed by atoms with Crippen LogP contribution in [0, 0.1) is 75.5 Å². The zero-order valence-corrected chi connectivity index (χ0v) is 14.5. The summed E-state index contributed by atoms with van der Waals surface area (Å²) < 4.78 is 0. The Kier molecular flexibility index (Phi) is 8.29. The third-order valence-electron chi connectivity index (χ3n) is 4.01. The van der Waals surface area contributed by atoms with Crippen LogP contribution in [0.3, 0.4) is 0 Å². The van der Waals surface area contributed by atoms with Gasteiger partial charge in [-0.15, -0.1) is 0 Å². The molecule has 3 aliphatic carbocycles. The van der Waals surface area contributed by atoms with Crippen molar-refractivity contribution >= 4 is 11.9 Å². The molecule has 3 saturated carbocycles. The molecule has 0 N–H and O–H groups in total. The zero-order chi connectivity index (χ0) is 15.9. The average Bonchev–Trinajstić information content (AvgIpc) is 3.06. The molecule has 2 atom stereocenters. The molecule has 24 heavy (non-hydrogen) atoms. The summed E-state index contributed by atoms with van der Waals surface area (Å²) in [5.41, 5.74) is 1.20. The summed E-state index contributed by atoms with van der Waals surface area (Å²) in [5.74, 6) is 1.78. The van der Waals surface area contributed by atoms with Gasteiger partial charge in [-0.25, -0.2) is 0 Å². The van der Waals surface area contributed by atoms with Gasteiger partial charge in [0.25, 0.3) is 0 Å². The van der Waals surface area contributed by atoms with E-state index < -0.39 is 0 Å². The van der Waals surface area contributed by atoms with Crippen molar-refractivity contribution in [3.05, 3.63) is 106 Å². The zero-order valence-electron chi connectivity index (χ0n) is 13.4. The van der Waals surface area contributed by atoms with Crippen molar-refractivity contribution in [3.8, 4) is 0 Å². The van der Waals surface area contributed by atoms with Crippen LogP contribution in [0.1, 0.15) is 12.0 Å². The number of benzene rings is 1. The first-order valence-corrected chi connectivity index (χ1v) is 8.00. The van der Waals surface area contributed by atoms with Crippen LogP contribution < -0.4 is 0 Å². The van der Waals surface area contributed by atoms with E-state index in [0.717, 1.165) is 12.3 Å². The maximum absolute atomic E-state index is 12.1. The Hall–Kier alpha value is -0.851. The number of carbonyl (C=O) groups excluding carboxylic acids is 1. The molecule has 1 nitrogen and oxygen atoms in total. The number of rotatable bonds is 4. The maximum atomic E-state index is 12.1. The monoisotopic (exact) mass is 356 g/mol. The Morgan fingerprint density at radius 2 is 1.46 bits per heavy atom. The van der Waals surface area contributed by atoms with Gasteiger partial charge in [-0.3, -0.25) is 4.79 Å². The topological polar surface area (TPSA) is 17.1 Å². The van der Waals surface area contributed by atoms with Gasteiger partial charge in [0.1, 0.15) is 5.78 Å². The van der Waals surface area contributed by atoms with Crippen molar-refractivity contribution in [2.24, 2.45) is 11.8 Å². The van der Waals surface area contributed by atoms with E-state index in [-0.39, 0.29) is 23.0 Å². The van der Waals surface area contributed by atoms with Gasteiger partial charge < -0.3 is 0 Å². The van der Waals surface area contributed by atoms with Crippen LogP contribution in [0.5, 0.6) is 0 Å². The predicted molar refractivity (Wildman–Crippen MR) is 94.0 cm³/mol. The Morgan fingerprint density at radius 3 is 2.04 bits per heavy atom. The summed E-state index contributed by atoms with van der Waals surface area (Å²) in [4.78, 5) is 12.1. The van der Waals surface area contributed by atoms with Gasteiger partial charge in [0.05, 0.1) is 0 Å². The molecule has 0 heterocycles.